The van der Waals surface area contributed by atoms with E-state index in [4.69, 9.17) is 4.74 Å². The molecule has 2 aromatic rings. The first kappa shape index (κ1) is 17.9. The smallest absolute Gasteiger partial charge is 0.254 e. The molecule has 1 atom stereocenters. The second-order valence-corrected chi connectivity index (χ2v) is 9.29. The molecule has 1 aliphatic rings. The number of benzene rings is 1. The minimum atomic E-state index is -3.07. The third-order valence-corrected chi connectivity index (χ3v) is 6.82. The summed E-state index contributed by atoms with van der Waals surface area (Å²) in [7, 11) is -3.07. The molecule has 25 heavy (non-hydrogen) atoms. The first-order valence-corrected chi connectivity index (χ1v) is 11.0. The predicted molar refractivity (Wildman–Crippen MR) is 98.9 cm³/mol. The van der Waals surface area contributed by atoms with Crippen LogP contribution in [0.2, 0.25) is 0 Å². The van der Waals surface area contributed by atoms with Gasteiger partial charge >= 0.3 is 0 Å². The lowest BCUT2D eigenvalue weighted by atomic mass is 10.1. The fourth-order valence-electron chi connectivity index (χ4n) is 3.01. The van der Waals surface area contributed by atoms with Crippen LogP contribution in [0.4, 0.5) is 0 Å². The molecule has 1 aromatic heterocycles. The summed E-state index contributed by atoms with van der Waals surface area (Å²) >= 11 is 1.57. The number of hydrogen-bond donors (Lipinski definition) is 0. The fraction of sp³-hybridized carbons (Fsp3) is 0.389. The predicted octanol–water partition coefficient (Wildman–Crippen LogP) is 2.98. The van der Waals surface area contributed by atoms with E-state index in [1.165, 1.54) is 0 Å². The Morgan fingerprint density at radius 1 is 1.32 bits per heavy atom. The molecular weight excluding hydrogens is 358 g/mol. The Labute approximate surface area is 152 Å². The molecule has 0 aliphatic carbocycles. The van der Waals surface area contributed by atoms with E-state index in [0.29, 0.717) is 30.9 Å². The molecule has 0 spiro atoms. The van der Waals surface area contributed by atoms with E-state index in [9.17, 15) is 13.2 Å². The summed E-state index contributed by atoms with van der Waals surface area (Å²) < 4.78 is 29.3. The zero-order chi connectivity index (χ0) is 17.9. The number of carbonyl (C=O) groups is 1. The lowest BCUT2D eigenvalue weighted by Crippen LogP contribution is -2.40. The van der Waals surface area contributed by atoms with Crippen LogP contribution < -0.4 is 4.74 Å². The number of sulfone groups is 1. The molecule has 1 aliphatic heterocycles. The van der Waals surface area contributed by atoms with Gasteiger partial charge in [0.05, 0.1) is 24.7 Å². The summed E-state index contributed by atoms with van der Waals surface area (Å²) in [5.41, 5.74) is 0.520. The van der Waals surface area contributed by atoms with Crippen LogP contribution in [-0.2, 0) is 16.4 Å². The van der Waals surface area contributed by atoms with Crippen LogP contribution in [0.1, 0.15) is 28.6 Å². The summed E-state index contributed by atoms with van der Waals surface area (Å²) in [6, 6.07) is 10.7. The highest BCUT2D eigenvalue weighted by Crippen LogP contribution is 2.25. The number of ether oxygens (including phenoxy) is 1. The van der Waals surface area contributed by atoms with Crippen LogP contribution >= 0.6 is 11.3 Å². The van der Waals surface area contributed by atoms with E-state index in [0.717, 1.165) is 4.88 Å². The molecule has 0 saturated carbocycles. The van der Waals surface area contributed by atoms with E-state index >= 15 is 0 Å². The minimum absolute atomic E-state index is 0.0370. The average Bonchev–Trinajstić information content (AvgIpc) is 3.22. The summed E-state index contributed by atoms with van der Waals surface area (Å²) in [4.78, 5) is 15.8. The lowest BCUT2D eigenvalue weighted by molar-refractivity contribution is 0.0682. The fourth-order valence-corrected chi connectivity index (χ4v) is 5.44. The highest BCUT2D eigenvalue weighted by atomic mass is 32.2. The standard InChI is InChI=1S/C18H21NO4S2/c1-2-23-16-6-3-5-14(11-16)18(20)19(12-17-7-4-9-24-17)15-8-10-25(21,22)13-15/h3-7,9,11,15H,2,8,10,12-13H2,1H3/t15-/m0/s1. The number of rotatable bonds is 6. The highest BCUT2D eigenvalue weighted by molar-refractivity contribution is 7.91. The second-order valence-electron chi connectivity index (χ2n) is 6.03. The van der Waals surface area contributed by atoms with Crippen LogP contribution in [0.25, 0.3) is 0 Å². The molecule has 5 nitrogen and oxygen atoms in total. The van der Waals surface area contributed by atoms with Gasteiger partial charge in [-0.2, -0.15) is 0 Å². The zero-order valence-electron chi connectivity index (χ0n) is 14.1. The van der Waals surface area contributed by atoms with Crippen LogP contribution in [0.5, 0.6) is 5.75 Å². The number of nitrogens with zero attached hydrogens (tertiary/aromatic N) is 1. The summed E-state index contributed by atoms with van der Waals surface area (Å²) in [5, 5.41) is 1.96. The van der Waals surface area contributed by atoms with Crippen molar-refractivity contribution >= 4 is 27.1 Å². The Morgan fingerprint density at radius 2 is 2.16 bits per heavy atom. The zero-order valence-corrected chi connectivity index (χ0v) is 15.7. The normalized spacial score (nSPS) is 18.8. The third-order valence-electron chi connectivity index (χ3n) is 4.21. The topological polar surface area (TPSA) is 63.7 Å². The molecule has 1 aromatic carbocycles. The maximum absolute atomic E-state index is 13.1. The number of thiophene rings is 1. The van der Waals surface area contributed by atoms with Crippen molar-refractivity contribution < 1.29 is 17.9 Å². The van der Waals surface area contributed by atoms with Gasteiger partial charge in [-0.3, -0.25) is 4.79 Å². The van der Waals surface area contributed by atoms with Crippen LogP contribution in [0, 0.1) is 0 Å². The van der Waals surface area contributed by atoms with Crippen molar-refractivity contribution in [1.29, 1.82) is 0 Å². The maximum Gasteiger partial charge on any atom is 0.254 e. The highest BCUT2D eigenvalue weighted by Gasteiger charge is 2.35. The number of hydrogen-bond acceptors (Lipinski definition) is 5. The maximum atomic E-state index is 13.1. The molecule has 0 N–H and O–H groups in total. The van der Waals surface area contributed by atoms with Crippen molar-refractivity contribution in [1.82, 2.24) is 4.90 Å². The summed E-state index contributed by atoms with van der Waals surface area (Å²) in [5.74, 6) is 0.667. The lowest BCUT2D eigenvalue weighted by Gasteiger charge is -2.28. The Kier molecular flexibility index (Phi) is 5.44. The molecule has 1 amide bonds. The monoisotopic (exact) mass is 379 g/mol. The van der Waals surface area contributed by atoms with Crippen molar-refractivity contribution in [3.05, 3.63) is 52.2 Å². The van der Waals surface area contributed by atoms with E-state index in [-0.39, 0.29) is 23.5 Å². The molecule has 0 bridgehead atoms. The van der Waals surface area contributed by atoms with Crippen molar-refractivity contribution in [3.63, 3.8) is 0 Å². The molecular formula is C18H21NO4S2. The number of amides is 1. The van der Waals surface area contributed by atoms with E-state index in [1.54, 1.807) is 34.4 Å². The summed E-state index contributed by atoms with van der Waals surface area (Å²) in [6.07, 6.45) is 0.491. The van der Waals surface area contributed by atoms with E-state index < -0.39 is 9.84 Å². The first-order valence-electron chi connectivity index (χ1n) is 8.25. The molecule has 1 saturated heterocycles. The van der Waals surface area contributed by atoms with Crippen molar-refractivity contribution in [3.8, 4) is 5.75 Å². The number of carbonyl (C=O) groups excluding carboxylic acids is 1. The van der Waals surface area contributed by atoms with E-state index in [2.05, 4.69) is 0 Å². The minimum Gasteiger partial charge on any atom is -0.494 e. The molecule has 1 fully saturated rings. The largest absolute Gasteiger partial charge is 0.494 e. The van der Waals surface area contributed by atoms with Gasteiger partial charge in [0.25, 0.3) is 5.91 Å². The van der Waals surface area contributed by atoms with Gasteiger partial charge in [0.2, 0.25) is 0 Å². The van der Waals surface area contributed by atoms with Gasteiger partial charge < -0.3 is 9.64 Å². The van der Waals surface area contributed by atoms with E-state index in [1.807, 2.05) is 30.5 Å². The Balaban J connectivity index is 1.87. The van der Waals surface area contributed by atoms with Gasteiger partial charge in [-0.1, -0.05) is 12.1 Å². The quantitative estimate of drug-likeness (QED) is 0.774. The van der Waals surface area contributed by atoms with Gasteiger partial charge in [-0.15, -0.1) is 11.3 Å². The van der Waals surface area contributed by atoms with Gasteiger partial charge in [0.15, 0.2) is 9.84 Å². The first-order chi connectivity index (χ1) is 12.0. The van der Waals surface area contributed by atoms with Crippen molar-refractivity contribution in [2.45, 2.75) is 25.9 Å². The Morgan fingerprint density at radius 3 is 2.80 bits per heavy atom. The second kappa shape index (κ2) is 7.58. The Hall–Kier alpha value is -1.86. The van der Waals surface area contributed by atoms with Crippen LogP contribution in [0.3, 0.4) is 0 Å². The van der Waals surface area contributed by atoms with Crippen molar-refractivity contribution in [2.24, 2.45) is 0 Å². The van der Waals surface area contributed by atoms with Gasteiger partial charge in [-0.25, -0.2) is 8.42 Å². The van der Waals surface area contributed by atoms with Crippen LogP contribution in [0.15, 0.2) is 41.8 Å². The van der Waals surface area contributed by atoms with Crippen molar-refractivity contribution in [2.75, 3.05) is 18.1 Å². The molecule has 0 unspecified atom stereocenters. The Bertz CT molecular complexity index is 831. The SMILES string of the molecule is CCOc1cccc(C(=O)N(Cc2cccs2)[C@H]2CCS(=O)(=O)C2)c1. The summed E-state index contributed by atoms with van der Waals surface area (Å²) in [6.45, 7) is 2.84. The van der Waals surface area contributed by atoms with Gasteiger partial charge in [0, 0.05) is 16.5 Å². The molecule has 0 radical (unpaired) electrons. The average molecular weight is 380 g/mol. The molecule has 7 heteroatoms. The van der Waals surface area contributed by atoms with Gasteiger partial charge in [-0.05, 0) is 43.0 Å². The molecule has 3 rings (SSSR count). The molecule has 134 valence electrons. The van der Waals surface area contributed by atoms with Gasteiger partial charge in [0.1, 0.15) is 5.75 Å². The molecule has 2 heterocycles. The van der Waals surface area contributed by atoms with Crippen LogP contribution in [-0.4, -0.2) is 43.4 Å². The third kappa shape index (κ3) is 4.41.